The van der Waals surface area contributed by atoms with Crippen molar-refractivity contribution in [2.45, 2.75) is 49.1 Å². The second kappa shape index (κ2) is 8.18. The number of thioether (sulfide) groups is 1. The van der Waals surface area contributed by atoms with Crippen molar-refractivity contribution in [1.82, 2.24) is 0 Å². The molecule has 5 rings (SSSR count). The summed E-state index contributed by atoms with van der Waals surface area (Å²) < 4.78 is 38.2. The van der Waals surface area contributed by atoms with Crippen LogP contribution in [0.15, 0.2) is 65.6 Å². The number of anilines is 1. The first-order valence-electron chi connectivity index (χ1n) is 11.1. The Morgan fingerprint density at radius 2 is 1.53 bits per heavy atom. The smallest absolute Gasteiger partial charge is 0.384 e. The Morgan fingerprint density at radius 1 is 0.875 bits per heavy atom. The molecule has 1 N–H and O–H groups in total. The molecule has 0 amide bonds. The van der Waals surface area contributed by atoms with Gasteiger partial charge in [-0.3, -0.25) is 0 Å². The molecular weight excluding hydrogens is 427 g/mol. The summed E-state index contributed by atoms with van der Waals surface area (Å²) in [4.78, 5) is 0.856. The van der Waals surface area contributed by atoms with Gasteiger partial charge in [0.15, 0.2) is 0 Å². The highest BCUT2D eigenvalue weighted by atomic mass is 32.2. The highest BCUT2D eigenvalue weighted by molar-refractivity contribution is 7.99. The van der Waals surface area contributed by atoms with E-state index >= 15 is 0 Å². The van der Waals surface area contributed by atoms with Gasteiger partial charge in [-0.1, -0.05) is 30.3 Å². The SMILES string of the molecule is Cc1cccc2c1[C@@]1(CC2)CCc2cccc(NCCSc3ccc(C(F)(F)F)cc3)c21. The fourth-order valence-corrected chi connectivity index (χ4v) is 6.45. The maximum Gasteiger partial charge on any atom is 0.416 e. The minimum absolute atomic E-state index is 0.111. The van der Waals surface area contributed by atoms with Gasteiger partial charge in [0.05, 0.1) is 5.56 Å². The summed E-state index contributed by atoms with van der Waals surface area (Å²) in [6, 6.07) is 18.7. The molecule has 0 aromatic heterocycles. The van der Waals surface area contributed by atoms with Crippen molar-refractivity contribution in [3.05, 3.63) is 94.0 Å². The number of hydrogen-bond donors (Lipinski definition) is 1. The number of benzene rings is 3. The van der Waals surface area contributed by atoms with Crippen molar-refractivity contribution in [1.29, 1.82) is 0 Å². The van der Waals surface area contributed by atoms with Crippen molar-refractivity contribution < 1.29 is 13.2 Å². The monoisotopic (exact) mass is 453 g/mol. The van der Waals surface area contributed by atoms with Gasteiger partial charge in [0.2, 0.25) is 0 Å². The van der Waals surface area contributed by atoms with E-state index in [1.165, 1.54) is 46.3 Å². The van der Waals surface area contributed by atoms with E-state index < -0.39 is 11.7 Å². The van der Waals surface area contributed by atoms with Crippen LogP contribution in [0.1, 0.15) is 46.2 Å². The van der Waals surface area contributed by atoms with Gasteiger partial charge in [0.1, 0.15) is 0 Å². The fraction of sp³-hybridized carbons (Fsp3) is 0.333. The molecule has 32 heavy (non-hydrogen) atoms. The van der Waals surface area contributed by atoms with Crippen molar-refractivity contribution in [2.75, 3.05) is 17.6 Å². The summed E-state index contributed by atoms with van der Waals surface area (Å²) in [6.07, 6.45) is 0.289. The molecule has 2 aliphatic rings. The van der Waals surface area contributed by atoms with Gasteiger partial charge in [-0.2, -0.15) is 13.2 Å². The number of fused-ring (bicyclic) bond motifs is 4. The molecule has 0 fully saturated rings. The molecule has 1 atom stereocenters. The maximum absolute atomic E-state index is 12.7. The number of nitrogens with one attached hydrogen (secondary N) is 1. The summed E-state index contributed by atoms with van der Waals surface area (Å²) in [6.45, 7) is 3.00. The lowest BCUT2D eigenvalue weighted by atomic mass is 9.74. The molecule has 1 spiro atoms. The molecule has 0 radical (unpaired) electrons. The van der Waals surface area contributed by atoms with Crippen molar-refractivity contribution >= 4 is 17.4 Å². The standard InChI is InChI=1S/C27H26F3NS/c1-18-4-2-5-19-12-14-26(24(18)19)15-13-20-6-3-7-23(25(20)26)31-16-17-32-22-10-8-21(9-11-22)27(28,29)30/h2-11,31H,12-17H2,1H3/t26-/m1/s1. The molecule has 0 bridgehead atoms. The molecule has 0 aliphatic heterocycles. The minimum Gasteiger partial charge on any atom is -0.384 e. The molecule has 3 aromatic carbocycles. The fourth-order valence-electron chi connectivity index (χ4n) is 5.68. The average molecular weight is 454 g/mol. The van der Waals surface area contributed by atoms with Gasteiger partial charge in [0.25, 0.3) is 0 Å². The predicted molar refractivity (Wildman–Crippen MR) is 126 cm³/mol. The van der Waals surface area contributed by atoms with Crippen LogP contribution in [-0.4, -0.2) is 12.3 Å². The van der Waals surface area contributed by atoms with Crippen LogP contribution in [0.5, 0.6) is 0 Å². The van der Waals surface area contributed by atoms with E-state index in [0.29, 0.717) is 0 Å². The average Bonchev–Trinajstić information content (AvgIpc) is 3.34. The lowest BCUT2D eigenvalue weighted by Crippen LogP contribution is -2.24. The number of hydrogen-bond acceptors (Lipinski definition) is 2. The highest BCUT2D eigenvalue weighted by Gasteiger charge is 2.46. The van der Waals surface area contributed by atoms with Crippen LogP contribution in [0.25, 0.3) is 0 Å². The molecule has 0 unspecified atom stereocenters. The summed E-state index contributed by atoms with van der Waals surface area (Å²) in [5.74, 6) is 0.789. The minimum atomic E-state index is -4.29. The van der Waals surface area contributed by atoms with E-state index in [1.54, 1.807) is 23.9 Å². The van der Waals surface area contributed by atoms with Crippen LogP contribution in [0.2, 0.25) is 0 Å². The van der Waals surface area contributed by atoms with Crippen LogP contribution in [0, 0.1) is 6.92 Å². The summed E-state index contributed by atoms with van der Waals surface area (Å²) in [5.41, 5.74) is 8.05. The predicted octanol–water partition coefficient (Wildman–Crippen LogP) is 7.40. The summed E-state index contributed by atoms with van der Waals surface area (Å²) >= 11 is 1.58. The van der Waals surface area contributed by atoms with E-state index in [2.05, 4.69) is 48.6 Å². The van der Waals surface area contributed by atoms with Gasteiger partial charge in [0, 0.05) is 28.3 Å². The summed E-state index contributed by atoms with van der Waals surface area (Å²) in [7, 11) is 0. The number of alkyl halides is 3. The first-order chi connectivity index (χ1) is 15.4. The summed E-state index contributed by atoms with van der Waals surface area (Å²) in [5, 5.41) is 3.65. The molecule has 5 heteroatoms. The molecular formula is C27H26F3NS. The van der Waals surface area contributed by atoms with Crippen molar-refractivity contribution in [3.63, 3.8) is 0 Å². The molecule has 1 nitrogen and oxygen atoms in total. The zero-order valence-corrected chi connectivity index (χ0v) is 18.9. The van der Waals surface area contributed by atoms with Gasteiger partial charge < -0.3 is 5.32 Å². The van der Waals surface area contributed by atoms with E-state index in [-0.39, 0.29) is 5.41 Å². The molecule has 0 saturated heterocycles. The maximum atomic E-state index is 12.7. The molecule has 0 heterocycles. The Kier molecular flexibility index (Phi) is 5.48. The number of halogens is 3. The van der Waals surface area contributed by atoms with Crippen LogP contribution in [-0.2, 0) is 24.4 Å². The third kappa shape index (κ3) is 3.71. The van der Waals surface area contributed by atoms with Crippen LogP contribution in [0.3, 0.4) is 0 Å². The first kappa shape index (κ1) is 21.4. The quantitative estimate of drug-likeness (QED) is 0.319. The third-order valence-electron chi connectivity index (χ3n) is 6.98. The molecule has 0 saturated carbocycles. The van der Waals surface area contributed by atoms with Gasteiger partial charge >= 0.3 is 6.18 Å². The Morgan fingerprint density at radius 3 is 2.22 bits per heavy atom. The molecule has 2 aliphatic carbocycles. The molecule has 3 aromatic rings. The van der Waals surface area contributed by atoms with Crippen molar-refractivity contribution in [2.24, 2.45) is 0 Å². The zero-order chi connectivity index (χ0) is 22.3. The Hall–Kier alpha value is -2.40. The lowest BCUT2D eigenvalue weighted by Gasteiger charge is -2.30. The Labute approximate surface area is 191 Å². The number of aryl methyl sites for hydroxylation is 3. The zero-order valence-electron chi connectivity index (χ0n) is 18.1. The lowest BCUT2D eigenvalue weighted by molar-refractivity contribution is -0.137. The van der Waals surface area contributed by atoms with E-state index in [0.717, 1.165) is 42.2 Å². The van der Waals surface area contributed by atoms with Crippen LogP contribution < -0.4 is 5.32 Å². The second-order valence-corrected chi connectivity index (χ2v) is 10.00. The van der Waals surface area contributed by atoms with Crippen LogP contribution >= 0.6 is 11.8 Å². The topological polar surface area (TPSA) is 12.0 Å². The molecule has 166 valence electrons. The Bertz CT molecular complexity index is 1130. The largest absolute Gasteiger partial charge is 0.416 e. The van der Waals surface area contributed by atoms with Crippen molar-refractivity contribution in [3.8, 4) is 0 Å². The Balaban J connectivity index is 1.31. The van der Waals surface area contributed by atoms with Gasteiger partial charge in [-0.25, -0.2) is 0 Å². The van der Waals surface area contributed by atoms with E-state index in [9.17, 15) is 13.2 Å². The van der Waals surface area contributed by atoms with E-state index in [4.69, 9.17) is 0 Å². The van der Waals surface area contributed by atoms with Crippen LogP contribution in [0.4, 0.5) is 18.9 Å². The van der Waals surface area contributed by atoms with Gasteiger partial charge in [-0.05, 0) is 90.8 Å². The van der Waals surface area contributed by atoms with E-state index in [1.807, 2.05) is 0 Å². The second-order valence-electron chi connectivity index (χ2n) is 8.83. The van der Waals surface area contributed by atoms with Gasteiger partial charge in [-0.15, -0.1) is 11.8 Å². The normalized spacial score (nSPS) is 19.2. The highest BCUT2D eigenvalue weighted by Crippen LogP contribution is 2.55. The first-order valence-corrected chi connectivity index (χ1v) is 12.1. The number of rotatable bonds is 5. The third-order valence-corrected chi connectivity index (χ3v) is 7.99.